The molecule has 4 heterocycles. The second kappa shape index (κ2) is 38.6. The van der Waals surface area contributed by atoms with Gasteiger partial charge >= 0.3 is 12.1 Å². The molecule has 26 nitrogen and oxygen atoms in total. The maximum atomic E-state index is 14.1. The summed E-state index contributed by atoms with van der Waals surface area (Å²) in [6.45, 7) is 21.1. The number of carbonyl (C=O) groups is 6. The first-order valence-electron chi connectivity index (χ1n) is 46.7. The molecule has 4 atom stereocenters. The van der Waals surface area contributed by atoms with Crippen LogP contribution in [0.2, 0.25) is 0 Å². The Bertz CT molecular complexity index is 4500. The van der Waals surface area contributed by atoms with Crippen molar-refractivity contribution in [1.29, 1.82) is 0 Å². The Morgan fingerprint density at radius 1 is 0.437 bits per heavy atom. The van der Waals surface area contributed by atoms with Crippen LogP contribution in [0.4, 0.5) is 9.59 Å². The number of nitrogens with one attached hydrogen (secondary N) is 4. The lowest BCUT2D eigenvalue weighted by Gasteiger charge is -2.46. The van der Waals surface area contributed by atoms with Crippen molar-refractivity contribution in [3.8, 4) is 23.0 Å². The molecule has 0 radical (unpaired) electrons. The van der Waals surface area contributed by atoms with Gasteiger partial charge in [-0.2, -0.15) is 0 Å². The zero-order valence-corrected chi connectivity index (χ0v) is 79.5. The second-order valence-electron chi connectivity index (χ2n) is 39.7. The molecule has 8 saturated carbocycles. The van der Waals surface area contributed by atoms with E-state index >= 15 is 0 Å². The van der Waals surface area contributed by atoms with E-state index in [-0.39, 0.29) is 100 Å². The molecule has 4 aliphatic heterocycles. The Kier molecular flexibility index (Phi) is 29.1. The number of nitrogens with two attached hydrogens (primary N) is 2. The van der Waals surface area contributed by atoms with Gasteiger partial charge in [-0.05, 0) is 357 Å². The van der Waals surface area contributed by atoms with Crippen molar-refractivity contribution in [2.45, 2.75) is 311 Å². The molecule has 8 spiro atoms. The summed E-state index contributed by atoms with van der Waals surface area (Å²) in [6, 6.07) is 24.0. The van der Waals surface area contributed by atoms with Gasteiger partial charge < -0.3 is 69.9 Å². The highest BCUT2D eigenvalue weighted by Crippen LogP contribution is 2.66. The number of benzene rings is 4. The van der Waals surface area contributed by atoms with Gasteiger partial charge in [0.1, 0.15) is 23.0 Å². The molecule has 12 aliphatic carbocycles. The highest BCUT2D eigenvalue weighted by atomic mass is 127. The zero-order chi connectivity index (χ0) is 90.2. The van der Waals surface area contributed by atoms with E-state index < -0.39 is 28.2 Å². The van der Waals surface area contributed by atoms with Crippen LogP contribution >= 0.6 is 34.8 Å². The number of guanidine groups is 1. The van der Waals surface area contributed by atoms with Crippen LogP contribution in [0.5, 0.6) is 23.0 Å². The number of nitrogens with zero attached hydrogens (tertiary/aromatic N) is 4. The van der Waals surface area contributed by atoms with Crippen LogP contribution in [0.1, 0.15) is 261 Å². The summed E-state index contributed by atoms with van der Waals surface area (Å²) in [6.07, 6.45) is 28.9. The predicted molar refractivity (Wildman–Crippen MR) is 493 cm³/mol. The van der Waals surface area contributed by atoms with E-state index in [1.807, 2.05) is 65.8 Å². The highest BCUT2D eigenvalue weighted by Gasteiger charge is 2.72. The van der Waals surface area contributed by atoms with Gasteiger partial charge in [0.25, 0.3) is 23.6 Å². The predicted octanol–water partition coefficient (Wildman–Crippen LogP) is 14.9. The topological polar surface area (TPSA) is 339 Å². The third kappa shape index (κ3) is 17.7. The average Bonchev–Trinajstić information content (AvgIpc) is 1.56. The molecule has 28 heteroatoms. The molecular formula is C98H139IN10O16S. The van der Waals surface area contributed by atoms with E-state index in [2.05, 4.69) is 112 Å². The number of carbonyl (C=O) groups excluding carboxylic acids is 6. The average molecular weight is 1870 g/mol. The molecule has 20 rings (SSSR count). The first kappa shape index (κ1) is 94.8. The van der Waals surface area contributed by atoms with Crippen LogP contribution in [0.15, 0.2) is 77.8 Å². The van der Waals surface area contributed by atoms with Crippen LogP contribution in [-0.2, 0) is 86.0 Å². The van der Waals surface area contributed by atoms with E-state index in [9.17, 15) is 28.8 Å². The lowest BCUT2D eigenvalue weighted by atomic mass is 9.61. The quantitative estimate of drug-likeness (QED) is 0.0142. The minimum atomic E-state index is -0.999. The number of thiocarbonyl (C=S) groups is 1. The van der Waals surface area contributed by atoms with Crippen molar-refractivity contribution >= 4 is 81.6 Å². The van der Waals surface area contributed by atoms with E-state index in [0.717, 1.165) is 215 Å². The van der Waals surface area contributed by atoms with Gasteiger partial charge in [-0.1, -0.05) is 60.7 Å². The summed E-state index contributed by atoms with van der Waals surface area (Å²) in [4.78, 5) is 90.2. The normalized spacial score (nSPS) is 31.4. The van der Waals surface area contributed by atoms with Crippen molar-refractivity contribution < 1.29 is 77.0 Å². The number of fused-ring (bicyclic) bond motifs is 12. The molecule has 16 aliphatic rings. The van der Waals surface area contributed by atoms with Crippen molar-refractivity contribution in [3.63, 3.8) is 0 Å². The van der Waals surface area contributed by atoms with Gasteiger partial charge in [-0.25, -0.2) is 20.5 Å². The molecule has 690 valence electrons. The van der Waals surface area contributed by atoms with Crippen LogP contribution < -0.4 is 51.8 Å². The number of amides is 8. The number of aliphatic hydroxyl groups is 1. The van der Waals surface area contributed by atoms with Gasteiger partial charge in [0.05, 0.1) is 50.8 Å². The van der Waals surface area contributed by atoms with Crippen LogP contribution in [0, 0.1) is 45.3 Å². The number of halogens is 1. The van der Waals surface area contributed by atoms with Gasteiger partial charge in [0.15, 0.2) is 33.2 Å². The monoisotopic (exact) mass is 1870 g/mol. The Morgan fingerprint density at radius 2 is 0.730 bits per heavy atom. The summed E-state index contributed by atoms with van der Waals surface area (Å²) >= 11 is 8.04. The zero-order valence-electron chi connectivity index (χ0n) is 76.5. The van der Waals surface area contributed by atoms with Gasteiger partial charge in [0, 0.05) is 78.8 Å². The smallest absolute Gasteiger partial charge is 0.325 e. The summed E-state index contributed by atoms with van der Waals surface area (Å²) < 4.78 is 47.4. The van der Waals surface area contributed by atoms with Gasteiger partial charge in [0.2, 0.25) is 0 Å². The molecular weight excluding hydrogens is 1730 g/mol. The lowest BCUT2D eigenvalue weighted by Crippen LogP contribution is -2.57. The molecule has 0 bridgehead atoms. The molecule has 11 fully saturated rings. The molecule has 10 N–H and O–H groups in total. The number of methoxy groups -OCH3 is 4. The van der Waals surface area contributed by atoms with Crippen molar-refractivity contribution in [2.75, 3.05) is 61.5 Å². The minimum absolute atomic E-state index is 0.0219. The fourth-order valence-corrected chi connectivity index (χ4v) is 23.6. The van der Waals surface area contributed by atoms with Crippen molar-refractivity contribution in [1.82, 2.24) is 36.0 Å². The van der Waals surface area contributed by atoms with E-state index in [0.29, 0.717) is 34.7 Å². The molecule has 4 aromatic rings. The van der Waals surface area contributed by atoms with E-state index in [4.69, 9.17) is 71.2 Å². The minimum Gasteiger partial charge on any atom is -0.493 e. The maximum absolute atomic E-state index is 14.1. The Labute approximate surface area is 764 Å². The number of imide groups is 2. The number of alkyl halides is 1. The van der Waals surface area contributed by atoms with Gasteiger partial charge in [-0.15, -0.1) is 0 Å². The molecule has 0 aromatic heterocycles. The molecule has 126 heavy (non-hydrogen) atoms. The van der Waals surface area contributed by atoms with Crippen LogP contribution in [-0.4, -0.2) is 180 Å². The number of hydrogen-bond donors (Lipinski definition) is 8. The van der Waals surface area contributed by atoms with E-state index in [1.165, 1.54) is 67.4 Å². The largest absolute Gasteiger partial charge is 0.493 e. The Balaban J connectivity index is 0.000000132. The van der Waals surface area contributed by atoms with Crippen molar-refractivity contribution in [3.05, 3.63) is 117 Å². The van der Waals surface area contributed by atoms with Gasteiger partial charge in [-0.3, -0.25) is 39.2 Å². The highest BCUT2D eigenvalue weighted by molar-refractivity contribution is 14.1. The first-order valence-corrected chi connectivity index (χ1v) is 48.4. The third-order valence-electron chi connectivity index (χ3n) is 30.4. The van der Waals surface area contributed by atoms with Crippen LogP contribution in [0.25, 0.3) is 0 Å². The summed E-state index contributed by atoms with van der Waals surface area (Å²) in [5.74, 6) is 9.66. The molecule has 4 aromatic carbocycles. The first-order chi connectivity index (χ1) is 60.4. The Morgan fingerprint density at radius 3 is 1.02 bits per heavy atom. The molecule has 8 amide bonds. The number of urea groups is 2. The summed E-state index contributed by atoms with van der Waals surface area (Å²) in [7, 11) is 7.08. The molecule has 4 unspecified atom stereocenters. The number of aliphatic imine (C=N–C) groups is 1. The number of aliphatic hydroxyl groups excluding tert-OH is 1. The van der Waals surface area contributed by atoms with Crippen molar-refractivity contribution in [2.24, 2.45) is 62.0 Å². The summed E-state index contributed by atoms with van der Waals surface area (Å²) in [5, 5.41) is 26.9. The SMILES string of the molecule is CC(C)I.CCO.COC1CCC2(CC1)Cc1ccc(OCC3CC3)cc1C21N=C(N)N(C(C)C)C1=O.COC1CCC2(CC1)Cc1ccc(OCC3CC3)cc1C21NC(=O)N(C(C)C)C1=O.COC1CCC2(CC1)Cc1ccc(OCC3CC3)cc1C21NC(=O)NC1=O.COC1CCC2(CC1)Cc1ccc(OCC3CC3)cc1C21NC(=S)N(C(C)C)C1=O.NO. The Hall–Kier alpha value is -7.29. The number of rotatable bonds is 19. The molecule has 3 saturated heterocycles. The fraction of sp³-hybridized carbons (Fsp3) is 0.673. The lowest BCUT2D eigenvalue weighted by molar-refractivity contribution is -0.140. The van der Waals surface area contributed by atoms with E-state index in [1.54, 1.807) is 45.2 Å². The van der Waals surface area contributed by atoms with Crippen LogP contribution in [0.3, 0.4) is 0 Å². The number of hydrogen-bond acceptors (Lipinski definition) is 20. The second-order valence-corrected chi connectivity index (χ2v) is 42.6. The number of ether oxygens (including phenoxy) is 8. The summed E-state index contributed by atoms with van der Waals surface area (Å²) in [5.41, 5.74) is 10.3. The fourth-order valence-electron chi connectivity index (χ4n) is 23.1. The standard InChI is InChI=1S/C24H33N3O3.C24H32N2O4.C24H32N2O3S.C21H26N2O4.C3H7I.C2H6O.H3NO/c1-15(2)27-21(28)24(26-22(27)25)20-12-19(30-14-16-4-5-16)7-6-17(20)13-23(24)10-8-18(29-3)9-11-23;1-15(2)26-21(27)24(25-22(26)28)20-12-19(30-14-16-4-5-16)7-6-17(20)13-23(24)10-8-18(29-3)9-11-23;1-15(2)26-21(27)24(25-22(26)30)20-12-19(29-14-16-4-5-16)7-6-17(20)13-23(24)10-8-18(28-3)9-11-23;1-26-15-6-8-20(9-7-15)11-14-4-5-16(27-12-13-2-3-13)10-17(14)21(20)18(24)22-19(25)23-21;1-3(2)4;1-2-3;1-2/h6-7,12,15-16,18H,4-5,8-11,13-14H2,1-3H3,(H2,25,26);6-7,12,15-16,18H,4-5,8-11,13-14H2,1-3H3,(H,25,28);6-7,12,15-16,18H,4-5,8-11,13-14H2,1-3H3,(H,25,30);4-5,10,13,15H,2-3,6-9,11-12H2,1H3,(H2,22,23,24,25);3H,1-2H3;3H,2H2,1H3;2H,1H2. The third-order valence-corrected chi connectivity index (χ3v) is 30.7. The maximum Gasteiger partial charge on any atom is 0.325 e.